The summed E-state index contributed by atoms with van der Waals surface area (Å²) < 4.78 is 5.41. The maximum atomic E-state index is 12.7. The van der Waals surface area contributed by atoms with E-state index < -0.39 is 5.54 Å². The fraction of sp³-hybridized carbons (Fsp3) is 0.529. The molecule has 2 rings (SSSR count). The molecular weight excluding hydrogens is 294 g/mol. The molecule has 1 aromatic rings. The molecule has 0 aliphatic heterocycles. The fourth-order valence-corrected chi connectivity index (χ4v) is 2.96. The van der Waals surface area contributed by atoms with Gasteiger partial charge in [0.2, 0.25) is 11.8 Å². The van der Waals surface area contributed by atoms with Gasteiger partial charge in [-0.05, 0) is 37.1 Å². The molecule has 0 aromatic heterocycles. The largest absolute Gasteiger partial charge is 0.492 e. The Balaban J connectivity index is 2.04. The van der Waals surface area contributed by atoms with E-state index in [4.69, 9.17) is 10.5 Å². The first-order valence-corrected chi connectivity index (χ1v) is 8.09. The molecule has 0 atom stereocenters. The zero-order chi connectivity index (χ0) is 16.7. The number of amides is 2. The second-order valence-electron chi connectivity index (χ2n) is 5.94. The van der Waals surface area contributed by atoms with E-state index in [1.54, 1.807) is 24.3 Å². The number of anilines is 1. The number of nitrogens with one attached hydrogen (secondary N) is 2. The highest BCUT2D eigenvalue weighted by atomic mass is 16.5. The van der Waals surface area contributed by atoms with Crippen LogP contribution in [0, 0.1) is 0 Å². The normalized spacial score (nSPS) is 16.4. The smallest absolute Gasteiger partial charge is 0.250 e. The second kappa shape index (κ2) is 7.97. The van der Waals surface area contributed by atoms with Crippen molar-refractivity contribution < 1.29 is 14.3 Å². The zero-order valence-electron chi connectivity index (χ0n) is 13.6. The van der Waals surface area contributed by atoms with Crippen molar-refractivity contribution in [2.75, 3.05) is 18.5 Å². The Labute approximate surface area is 136 Å². The minimum Gasteiger partial charge on any atom is -0.492 e. The van der Waals surface area contributed by atoms with Crippen LogP contribution in [0.1, 0.15) is 39.0 Å². The van der Waals surface area contributed by atoms with Crippen LogP contribution in [0.3, 0.4) is 0 Å². The van der Waals surface area contributed by atoms with Gasteiger partial charge in [0.05, 0.1) is 0 Å². The summed E-state index contributed by atoms with van der Waals surface area (Å²) in [5.41, 5.74) is 5.29. The van der Waals surface area contributed by atoms with Gasteiger partial charge in [0, 0.05) is 19.2 Å². The Hall–Kier alpha value is -2.08. The molecule has 1 aliphatic carbocycles. The lowest BCUT2D eigenvalue weighted by Crippen LogP contribution is -2.57. The Morgan fingerprint density at radius 3 is 2.39 bits per heavy atom. The van der Waals surface area contributed by atoms with Crippen molar-refractivity contribution >= 4 is 17.5 Å². The molecule has 1 aromatic carbocycles. The molecule has 4 N–H and O–H groups in total. The van der Waals surface area contributed by atoms with E-state index in [0.29, 0.717) is 37.4 Å². The molecule has 1 aliphatic rings. The molecule has 23 heavy (non-hydrogen) atoms. The van der Waals surface area contributed by atoms with E-state index >= 15 is 0 Å². The summed E-state index contributed by atoms with van der Waals surface area (Å²) in [6.07, 6.45) is 4.34. The van der Waals surface area contributed by atoms with Crippen molar-refractivity contribution in [2.24, 2.45) is 5.73 Å². The summed E-state index contributed by atoms with van der Waals surface area (Å²) in [5.74, 6) is 0.387. The minimum atomic E-state index is -0.793. The van der Waals surface area contributed by atoms with Gasteiger partial charge in [-0.3, -0.25) is 9.59 Å². The number of hydrogen-bond acceptors (Lipinski definition) is 4. The minimum absolute atomic E-state index is 0.150. The number of hydrogen-bond donors (Lipinski definition) is 3. The highest BCUT2D eigenvalue weighted by molar-refractivity contribution is 6.00. The van der Waals surface area contributed by atoms with Gasteiger partial charge in [-0.15, -0.1) is 0 Å². The fourth-order valence-electron chi connectivity index (χ4n) is 2.96. The topological polar surface area (TPSA) is 93.5 Å². The van der Waals surface area contributed by atoms with Crippen molar-refractivity contribution in [3.8, 4) is 5.75 Å². The molecule has 0 saturated heterocycles. The first-order valence-electron chi connectivity index (χ1n) is 8.09. The van der Waals surface area contributed by atoms with Crippen molar-refractivity contribution in [3.05, 3.63) is 24.3 Å². The van der Waals surface area contributed by atoms with Crippen LogP contribution in [0.25, 0.3) is 0 Å². The molecule has 0 spiro atoms. The van der Waals surface area contributed by atoms with Gasteiger partial charge in [-0.2, -0.15) is 0 Å². The van der Waals surface area contributed by atoms with E-state index in [-0.39, 0.29) is 11.8 Å². The summed E-state index contributed by atoms with van der Waals surface area (Å²) in [6, 6.07) is 7.15. The first kappa shape index (κ1) is 17.3. The number of carbonyl (C=O) groups is 2. The van der Waals surface area contributed by atoms with E-state index in [2.05, 4.69) is 10.6 Å². The number of ether oxygens (including phenoxy) is 1. The molecule has 6 heteroatoms. The van der Waals surface area contributed by atoms with Crippen LogP contribution in [-0.4, -0.2) is 30.5 Å². The average molecular weight is 319 g/mol. The van der Waals surface area contributed by atoms with Crippen molar-refractivity contribution in [3.63, 3.8) is 0 Å². The van der Waals surface area contributed by atoms with Gasteiger partial charge in [0.15, 0.2) is 0 Å². The Morgan fingerprint density at radius 2 is 1.83 bits per heavy atom. The molecule has 2 amide bonds. The quantitative estimate of drug-likeness (QED) is 0.745. The lowest BCUT2D eigenvalue weighted by Gasteiger charge is -2.36. The molecular formula is C17H25N3O3. The molecule has 0 radical (unpaired) electrons. The van der Waals surface area contributed by atoms with Crippen LogP contribution < -0.4 is 21.1 Å². The molecule has 0 unspecified atom stereocenters. The SMILES string of the molecule is CC(=O)NC1(C(=O)Nc2ccc(OCCN)cc2)CCCCC1. The van der Waals surface area contributed by atoms with Gasteiger partial charge < -0.3 is 21.1 Å². The molecule has 1 saturated carbocycles. The lowest BCUT2D eigenvalue weighted by atomic mass is 9.80. The molecule has 0 heterocycles. The van der Waals surface area contributed by atoms with E-state index in [1.807, 2.05) is 0 Å². The third-order valence-corrected chi connectivity index (χ3v) is 4.06. The van der Waals surface area contributed by atoms with Gasteiger partial charge in [0.25, 0.3) is 0 Å². The van der Waals surface area contributed by atoms with Gasteiger partial charge in [-0.25, -0.2) is 0 Å². The molecule has 1 fully saturated rings. The Bertz CT molecular complexity index is 537. The predicted molar refractivity (Wildman–Crippen MR) is 89.3 cm³/mol. The maximum absolute atomic E-state index is 12.7. The highest BCUT2D eigenvalue weighted by Gasteiger charge is 2.40. The molecule has 126 valence electrons. The summed E-state index contributed by atoms with van der Waals surface area (Å²) in [5, 5.41) is 5.77. The number of nitrogens with two attached hydrogens (primary N) is 1. The zero-order valence-corrected chi connectivity index (χ0v) is 13.6. The summed E-state index contributed by atoms with van der Waals surface area (Å²) in [6.45, 7) is 2.36. The van der Waals surface area contributed by atoms with Crippen LogP contribution in [0.5, 0.6) is 5.75 Å². The third-order valence-electron chi connectivity index (χ3n) is 4.06. The Kier molecular flexibility index (Phi) is 5.98. The van der Waals surface area contributed by atoms with E-state index in [1.165, 1.54) is 6.92 Å². The lowest BCUT2D eigenvalue weighted by molar-refractivity contribution is -0.130. The summed E-state index contributed by atoms with van der Waals surface area (Å²) >= 11 is 0. The summed E-state index contributed by atoms with van der Waals surface area (Å²) in [4.78, 5) is 24.2. The third kappa shape index (κ3) is 4.69. The van der Waals surface area contributed by atoms with Crippen LogP contribution in [0.2, 0.25) is 0 Å². The van der Waals surface area contributed by atoms with Crippen LogP contribution in [0.15, 0.2) is 24.3 Å². The van der Waals surface area contributed by atoms with Crippen molar-refractivity contribution in [2.45, 2.75) is 44.6 Å². The predicted octanol–water partition coefficient (Wildman–Crippen LogP) is 1.80. The van der Waals surface area contributed by atoms with E-state index in [9.17, 15) is 9.59 Å². The van der Waals surface area contributed by atoms with Gasteiger partial charge in [-0.1, -0.05) is 19.3 Å². The molecule has 6 nitrogen and oxygen atoms in total. The van der Waals surface area contributed by atoms with Crippen LogP contribution in [-0.2, 0) is 9.59 Å². The number of carbonyl (C=O) groups excluding carboxylic acids is 2. The maximum Gasteiger partial charge on any atom is 0.250 e. The van der Waals surface area contributed by atoms with Crippen molar-refractivity contribution in [1.82, 2.24) is 5.32 Å². The second-order valence-corrected chi connectivity index (χ2v) is 5.94. The standard InChI is InChI=1S/C17H25N3O3/c1-13(21)20-17(9-3-2-4-10-17)16(22)19-14-5-7-15(8-6-14)23-12-11-18/h5-8H,2-4,9-12,18H2,1H3,(H,19,22)(H,20,21). The first-order chi connectivity index (χ1) is 11.1. The van der Waals surface area contributed by atoms with Gasteiger partial charge in [0.1, 0.15) is 17.9 Å². The summed E-state index contributed by atoms with van der Waals surface area (Å²) in [7, 11) is 0. The monoisotopic (exact) mass is 319 g/mol. The van der Waals surface area contributed by atoms with E-state index in [0.717, 1.165) is 19.3 Å². The molecule has 0 bridgehead atoms. The number of benzene rings is 1. The van der Waals surface area contributed by atoms with Crippen LogP contribution in [0.4, 0.5) is 5.69 Å². The highest BCUT2D eigenvalue weighted by Crippen LogP contribution is 2.30. The van der Waals surface area contributed by atoms with Gasteiger partial charge >= 0.3 is 0 Å². The Morgan fingerprint density at radius 1 is 1.17 bits per heavy atom. The van der Waals surface area contributed by atoms with Crippen molar-refractivity contribution in [1.29, 1.82) is 0 Å². The average Bonchev–Trinajstić information content (AvgIpc) is 2.54. The number of rotatable bonds is 6. The van der Waals surface area contributed by atoms with Crippen LogP contribution >= 0.6 is 0 Å².